The summed E-state index contributed by atoms with van der Waals surface area (Å²) in [4.78, 5) is 21.4. The molecule has 2 amide bonds. The normalized spacial score (nSPS) is 17.3. The van der Waals surface area contributed by atoms with E-state index in [2.05, 4.69) is 45.2 Å². The fourth-order valence-electron chi connectivity index (χ4n) is 3.85. The zero-order valence-corrected chi connectivity index (χ0v) is 15.5. The zero-order valence-electron chi connectivity index (χ0n) is 15.5. The number of nitrogens with zero attached hydrogens (tertiary/aromatic N) is 3. The van der Waals surface area contributed by atoms with Crippen molar-refractivity contribution in [3.05, 3.63) is 64.8 Å². The largest absolute Gasteiger partial charge is 0.493 e. The lowest BCUT2D eigenvalue weighted by atomic mass is 9.90. The molecule has 2 aromatic rings. The van der Waals surface area contributed by atoms with Crippen molar-refractivity contribution in [3.8, 4) is 5.75 Å². The standard InChI is InChI=1S/C22H25N3O2/c26-22-23-20-8-7-19(16-21(20)24-22)27-14-4-11-25-12-9-18(10-13-25)15-17-5-2-1-3-6-17/h1-3,5-8,16,18H,4,9-15H2. The highest BCUT2D eigenvalue weighted by Crippen LogP contribution is 2.21. The molecule has 1 fully saturated rings. The molecule has 0 unspecified atom stereocenters. The third kappa shape index (κ3) is 4.80. The molecule has 27 heavy (non-hydrogen) atoms. The van der Waals surface area contributed by atoms with Crippen molar-refractivity contribution in [3.63, 3.8) is 0 Å². The van der Waals surface area contributed by atoms with E-state index in [1.165, 1.54) is 37.9 Å². The first kappa shape index (κ1) is 17.9. The molecular formula is C22H25N3O2. The Morgan fingerprint density at radius 2 is 1.78 bits per heavy atom. The van der Waals surface area contributed by atoms with Crippen LogP contribution in [0.2, 0.25) is 0 Å². The molecule has 0 aromatic heterocycles. The van der Waals surface area contributed by atoms with Gasteiger partial charge in [0.1, 0.15) is 5.75 Å². The van der Waals surface area contributed by atoms with Crippen LogP contribution >= 0.6 is 0 Å². The minimum atomic E-state index is -0.433. The van der Waals surface area contributed by atoms with Gasteiger partial charge in [0.25, 0.3) is 0 Å². The van der Waals surface area contributed by atoms with E-state index in [0.29, 0.717) is 17.3 Å². The molecule has 2 aromatic carbocycles. The maximum Gasteiger partial charge on any atom is 0.368 e. The molecule has 0 saturated carbocycles. The van der Waals surface area contributed by atoms with Crippen LogP contribution in [-0.4, -0.2) is 37.2 Å². The van der Waals surface area contributed by atoms with E-state index >= 15 is 0 Å². The number of piperidine rings is 1. The Morgan fingerprint density at radius 1 is 1.00 bits per heavy atom. The molecule has 2 aliphatic heterocycles. The van der Waals surface area contributed by atoms with E-state index in [0.717, 1.165) is 24.6 Å². The summed E-state index contributed by atoms with van der Waals surface area (Å²) >= 11 is 0. The number of likely N-dealkylation sites (tertiary alicyclic amines) is 1. The van der Waals surface area contributed by atoms with E-state index in [9.17, 15) is 4.79 Å². The van der Waals surface area contributed by atoms with Crippen LogP contribution in [0.3, 0.4) is 0 Å². The van der Waals surface area contributed by atoms with Gasteiger partial charge >= 0.3 is 6.03 Å². The van der Waals surface area contributed by atoms with E-state index in [-0.39, 0.29) is 0 Å². The first-order valence-corrected chi connectivity index (χ1v) is 9.77. The highest BCUT2D eigenvalue weighted by atomic mass is 16.5. The Labute approximate surface area is 159 Å². The number of ether oxygens (including phenoxy) is 1. The SMILES string of the molecule is O=C1N=c2ccc(OCCCN3CCC(Cc4ccccc4)CC3)cc2=N1. The van der Waals surface area contributed by atoms with Crippen LogP contribution in [0.25, 0.3) is 0 Å². The molecular weight excluding hydrogens is 338 g/mol. The topological polar surface area (TPSA) is 54.3 Å². The minimum Gasteiger partial charge on any atom is -0.493 e. The van der Waals surface area contributed by atoms with Crippen LogP contribution in [-0.2, 0) is 6.42 Å². The highest BCUT2D eigenvalue weighted by Gasteiger charge is 2.19. The monoisotopic (exact) mass is 363 g/mol. The van der Waals surface area contributed by atoms with Gasteiger partial charge in [-0.1, -0.05) is 30.3 Å². The molecule has 0 radical (unpaired) electrons. The van der Waals surface area contributed by atoms with Crippen molar-refractivity contribution < 1.29 is 9.53 Å². The third-order valence-corrected chi connectivity index (χ3v) is 5.34. The van der Waals surface area contributed by atoms with Gasteiger partial charge in [-0.3, -0.25) is 0 Å². The van der Waals surface area contributed by atoms with Crippen LogP contribution in [0.4, 0.5) is 4.79 Å². The lowest BCUT2D eigenvalue weighted by molar-refractivity contribution is 0.170. The number of rotatable bonds is 7. The molecule has 4 rings (SSSR count). The number of carbonyl (C=O) groups is 1. The number of carbonyl (C=O) groups excluding carboxylic acids is 1. The molecule has 2 heterocycles. The molecule has 0 bridgehead atoms. The lowest BCUT2D eigenvalue weighted by Gasteiger charge is -2.32. The van der Waals surface area contributed by atoms with E-state index in [4.69, 9.17) is 4.74 Å². The molecule has 140 valence electrons. The van der Waals surface area contributed by atoms with Gasteiger partial charge in [0, 0.05) is 12.6 Å². The summed E-state index contributed by atoms with van der Waals surface area (Å²) in [6, 6.07) is 15.8. The second-order valence-electron chi connectivity index (χ2n) is 7.33. The Kier molecular flexibility index (Phi) is 5.58. The van der Waals surface area contributed by atoms with E-state index in [1.54, 1.807) is 12.1 Å². The van der Waals surface area contributed by atoms with Crippen molar-refractivity contribution in [1.29, 1.82) is 0 Å². The molecule has 0 N–H and O–H groups in total. The van der Waals surface area contributed by atoms with Gasteiger partial charge in [0.15, 0.2) is 0 Å². The summed E-state index contributed by atoms with van der Waals surface area (Å²) in [6.45, 7) is 4.10. The minimum absolute atomic E-state index is 0.433. The predicted octanol–water partition coefficient (Wildman–Crippen LogP) is 2.78. The van der Waals surface area contributed by atoms with Gasteiger partial charge < -0.3 is 9.64 Å². The van der Waals surface area contributed by atoms with E-state index in [1.807, 2.05) is 6.07 Å². The fraction of sp³-hybridized carbons (Fsp3) is 0.409. The van der Waals surface area contributed by atoms with Gasteiger partial charge in [0.2, 0.25) is 0 Å². The average Bonchev–Trinajstić information content (AvgIpc) is 3.06. The molecule has 5 nitrogen and oxygen atoms in total. The van der Waals surface area contributed by atoms with Gasteiger partial charge in [0.05, 0.1) is 17.3 Å². The maximum absolute atomic E-state index is 11.2. The van der Waals surface area contributed by atoms with E-state index < -0.39 is 6.03 Å². The van der Waals surface area contributed by atoms with Gasteiger partial charge in [-0.25, -0.2) is 4.79 Å². The first-order valence-electron chi connectivity index (χ1n) is 9.77. The van der Waals surface area contributed by atoms with Crippen molar-refractivity contribution in [2.45, 2.75) is 25.7 Å². The summed E-state index contributed by atoms with van der Waals surface area (Å²) in [7, 11) is 0. The quantitative estimate of drug-likeness (QED) is 0.711. The summed E-state index contributed by atoms with van der Waals surface area (Å²) < 4.78 is 5.82. The molecule has 0 aliphatic carbocycles. The third-order valence-electron chi connectivity index (χ3n) is 5.34. The average molecular weight is 363 g/mol. The Bertz CT molecular complexity index is 903. The summed E-state index contributed by atoms with van der Waals surface area (Å²) in [5, 5.41) is 1.24. The Morgan fingerprint density at radius 3 is 2.59 bits per heavy atom. The molecule has 1 saturated heterocycles. The second kappa shape index (κ2) is 8.44. The zero-order chi connectivity index (χ0) is 18.5. The van der Waals surface area contributed by atoms with Crippen molar-refractivity contribution in [2.75, 3.05) is 26.2 Å². The fourth-order valence-corrected chi connectivity index (χ4v) is 3.85. The van der Waals surface area contributed by atoms with Crippen LogP contribution < -0.4 is 15.5 Å². The van der Waals surface area contributed by atoms with Gasteiger partial charge in [-0.2, -0.15) is 9.98 Å². The summed E-state index contributed by atoms with van der Waals surface area (Å²) in [6.07, 6.45) is 4.76. The summed E-state index contributed by atoms with van der Waals surface area (Å²) in [5.41, 5.74) is 1.46. The van der Waals surface area contributed by atoms with Crippen LogP contribution in [0.1, 0.15) is 24.8 Å². The van der Waals surface area contributed by atoms with Crippen LogP contribution in [0.5, 0.6) is 5.75 Å². The van der Waals surface area contributed by atoms with Gasteiger partial charge in [-0.05, 0) is 62.4 Å². The van der Waals surface area contributed by atoms with Crippen LogP contribution in [0.15, 0.2) is 58.5 Å². The smallest absolute Gasteiger partial charge is 0.368 e. The number of urea groups is 1. The first-order chi connectivity index (χ1) is 13.3. The molecule has 0 atom stereocenters. The van der Waals surface area contributed by atoms with Crippen molar-refractivity contribution in [1.82, 2.24) is 4.90 Å². The molecule has 0 spiro atoms. The number of fused-ring (bicyclic) bond motifs is 1. The van der Waals surface area contributed by atoms with Gasteiger partial charge in [-0.15, -0.1) is 0 Å². The predicted molar refractivity (Wildman–Crippen MR) is 104 cm³/mol. The highest BCUT2D eigenvalue weighted by molar-refractivity contribution is 5.77. The number of hydrogen-bond acceptors (Lipinski definition) is 3. The number of benzene rings is 2. The molecule has 2 aliphatic rings. The summed E-state index contributed by atoms with van der Waals surface area (Å²) in [5.74, 6) is 1.56. The second-order valence-corrected chi connectivity index (χ2v) is 7.33. The van der Waals surface area contributed by atoms with Crippen molar-refractivity contribution >= 4 is 6.03 Å². The lowest BCUT2D eigenvalue weighted by Crippen LogP contribution is -2.35. The Balaban J connectivity index is 1.16. The maximum atomic E-state index is 11.2. The number of hydrogen-bond donors (Lipinski definition) is 0. The molecule has 5 heteroatoms. The van der Waals surface area contributed by atoms with Crippen LogP contribution in [0, 0.1) is 5.92 Å². The Hall–Kier alpha value is -2.53. The number of amides is 2. The van der Waals surface area contributed by atoms with Crippen molar-refractivity contribution in [2.24, 2.45) is 15.9 Å².